The number of halogens is 2. The molecule has 1 N–H and O–H groups in total. The lowest BCUT2D eigenvalue weighted by molar-refractivity contribution is -0.148. The first-order chi connectivity index (χ1) is 12.8. The summed E-state index contributed by atoms with van der Waals surface area (Å²) in [6, 6.07) is 8.28. The van der Waals surface area contributed by atoms with Gasteiger partial charge in [0, 0.05) is 0 Å². The zero-order valence-electron chi connectivity index (χ0n) is 13.9. The molecule has 1 aromatic heterocycles. The third kappa shape index (κ3) is 2.71. The van der Waals surface area contributed by atoms with Crippen LogP contribution in [0.4, 0.5) is 19.6 Å². The van der Waals surface area contributed by atoms with E-state index in [0.29, 0.717) is 5.52 Å². The molecule has 9 heteroatoms. The monoisotopic (exact) mass is 390 g/mol. The Hall–Kier alpha value is -3.07. The predicted molar refractivity (Wildman–Crippen MR) is 94.4 cm³/mol. The summed E-state index contributed by atoms with van der Waals surface area (Å²) in [6.45, 7) is 1.32. The van der Waals surface area contributed by atoms with Crippen LogP contribution in [0.2, 0.25) is 0 Å². The van der Waals surface area contributed by atoms with Crippen LogP contribution in [0.1, 0.15) is 13.3 Å². The molecule has 1 atom stereocenters. The molecule has 2 aromatic carbocycles. The number of carbonyl (C=O) groups excluding carboxylic acids is 1. The molecule has 138 valence electrons. The van der Waals surface area contributed by atoms with Gasteiger partial charge in [-0.3, -0.25) is 9.59 Å². The number of hydrogen-bond acceptors (Lipinski definition) is 5. The van der Waals surface area contributed by atoms with Gasteiger partial charge in [-0.2, -0.15) is 0 Å². The lowest BCUT2D eigenvalue weighted by Gasteiger charge is -2.38. The standard InChI is InChI=1S/C18H12F2N2O4S/c1-18(8-13(23)24)16(25)22(14-9(19)4-3-7-12(14)26-18)17-21-11-6-2-5-10(20)15(11)27-17/h2-7H,8H2,1H3,(H,23,24). The Morgan fingerprint density at radius 1 is 1.26 bits per heavy atom. The number of carbonyl (C=O) groups is 2. The lowest BCUT2D eigenvalue weighted by atomic mass is 9.97. The minimum absolute atomic E-state index is 0.0121. The van der Waals surface area contributed by atoms with Crippen LogP contribution >= 0.6 is 11.3 Å². The second kappa shape index (κ2) is 5.98. The Morgan fingerprint density at radius 3 is 2.67 bits per heavy atom. The highest BCUT2D eigenvalue weighted by molar-refractivity contribution is 7.22. The second-order valence-electron chi connectivity index (χ2n) is 6.22. The van der Waals surface area contributed by atoms with E-state index < -0.39 is 35.5 Å². The van der Waals surface area contributed by atoms with Crippen molar-refractivity contribution in [1.29, 1.82) is 0 Å². The number of para-hydroxylation sites is 1. The van der Waals surface area contributed by atoms with Gasteiger partial charge in [0.2, 0.25) is 0 Å². The van der Waals surface area contributed by atoms with Crippen molar-refractivity contribution < 1.29 is 28.2 Å². The molecule has 0 bridgehead atoms. The topological polar surface area (TPSA) is 79.7 Å². The van der Waals surface area contributed by atoms with E-state index in [4.69, 9.17) is 4.74 Å². The summed E-state index contributed by atoms with van der Waals surface area (Å²) < 4.78 is 34.4. The van der Waals surface area contributed by atoms with Gasteiger partial charge < -0.3 is 9.84 Å². The Bertz CT molecular complexity index is 1100. The summed E-state index contributed by atoms with van der Waals surface area (Å²) >= 11 is 0.875. The summed E-state index contributed by atoms with van der Waals surface area (Å²) in [6.07, 6.45) is -0.627. The van der Waals surface area contributed by atoms with Crippen LogP contribution in [0.5, 0.6) is 5.75 Å². The van der Waals surface area contributed by atoms with E-state index in [1.54, 1.807) is 6.07 Å². The number of anilines is 2. The Balaban J connectivity index is 1.94. The molecule has 0 spiro atoms. The Morgan fingerprint density at radius 2 is 1.96 bits per heavy atom. The van der Waals surface area contributed by atoms with Crippen LogP contribution in [0, 0.1) is 11.6 Å². The van der Waals surface area contributed by atoms with Gasteiger partial charge in [0.1, 0.15) is 17.3 Å². The molecule has 1 aliphatic rings. The number of nitrogens with zero attached hydrogens (tertiary/aromatic N) is 2. The number of carboxylic acids is 1. The van der Waals surface area contributed by atoms with Crippen LogP contribution in [0.15, 0.2) is 36.4 Å². The number of amides is 1. The fourth-order valence-corrected chi connectivity index (χ4v) is 3.98. The maximum atomic E-state index is 14.5. The van der Waals surface area contributed by atoms with Crippen LogP contribution < -0.4 is 9.64 Å². The number of rotatable bonds is 3. The van der Waals surface area contributed by atoms with Gasteiger partial charge in [0.25, 0.3) is 5.91 Å². The van der Waals surface area contributed by atoms with Gasteiger partial charge in [-0.05, 0) is 31.2 Å². The van der Waals surface area contributed by atoms with Crippen LogP contribution in [0.3, 0.4) is 0 Å². The lowest BCUT2D eigenvalue weighted by Crippen LogP contribution is -2.54. The van der Waals surface area contributed by atoms with Gasteiger partial charge in [-0.15, -0.1) is 0 Å². The molecule has 0 saturated carbocycles. The smallest absolute Gasteiger partial charge is 0.307 e. The highest BCUT2D eigenvalue weighted by Crippen LogP contribution is 2.46. The molecule has 6 nitrogen and oxygen atoms in total. The number of aliphatic carboxylic acids is 1. The van der Waals surface area contributed by atoms with E-state index in [1.807, 2.05) is 0 Å². The van der Waals surface area contributed by atoms with E-state index in [1.165, 1.54) is 31.2 Å². The maximum Gasteiger partial charge on any atom is 0.307 e. The van der Waals surface area contributed by atoms with Crippen molar-refractivity contribution in [2.45, 2.75) is 18.9 Å². The van der Waals surface area contributed by atoms with Crippen molar-refractivity contribution >= 4 is 44.2 Å². The number of aromatic nitrogens is 1. The molecular formula is C18H12F2N2O4S. The van der Waals surface area contributed by atoms with Crippen molar-refractivity contribution in [1.82, 2.24) is 4.98 Å². The molecule has 1 amide bonds. The first kappa shape index (κ1) is 17.3. The van der Waals surface area contributed by atoms with Crippen molar-refractivity contribution in [2.75, 3.05) is 4.90 Å². The molecule has 3 aromatic rings. The van der Waals surface area contributed by atoms with Gasteiger partial charge in [-0.1, -0.05) is 23.5 Å². The zero-order valence-corrected chi connectivity index (χ0v) is 14.7. The normalized spacial score (nSPS) is 19.1. The van der Waals surface area contributed by atoms with E-state index in [9.17, 15) is 23.5 Å². The first-order valence-corrected chi connectivity index (χ1v) is 8.71. The van der Waals surface area contributed by atoms with Crippen molar-refractivity contribution in [3.63, 3.8) is 0 Å². The van der Waals surface area contributed by atoms with Gasteiger partial charge in [0.15, 0.2) is 16.5 Å². The SMILES string of the molecule is CC1(CC(=O)O)Oc2cccc(F)c2N(c2nc3cccc(F)c3s2)C1=O. The highest BCUT2D eigenvalue weighted by Gasteiger charge is 2.48. The van der Waals surface area contributed by atoms with Crippen LogP contribution in [-0.4, -0.2) is 27.6 Å². The molecule has 27 heavy (non-hydrogen) atoms. The maximum absolute atomic E-state index is 14.5. The van der Waals surface area contributed by atoms with Crippen LogP contribution in [-0.2, 0) is 9.59 Å². The molecule has 1 unspecified atom stereocenters. The average Bonchev–Trinajstić information content (AvgIpc) is 3.01. The summed E-state index contributed by atoms with van der Waals surface area (Å²) in [5, 5.41) is 9.21. The van der Waals surface area contributed by atoms with Gasteiger partial charge in [0.05, 0.1) is 16.6 Å². The fraction of sp³-hybridized carbons (Fsp3) is 0.167. The minimum Gasteiger partial charge on any atom is -0.481 e. The number of benzene rings is 2. The predicted octanol–water partition coefficient (Wildman–Crippen LogP) is 3.87. The molecule has 0 fully saturated rings. The Kier molecular flexibility index (Phi) is 3.84. The molecule has 0 aliphatic carbocycles. The third-order valence-corrected chi connectivity index (χ3v) is 5.26. The van der Waals surface area contributed by atoms with E-state index in [0.717, 1.165) is 22.3 Å². The van der Waals surface area contributed by atoms with Crippen molar-refractivity contribution in [3.8, 4) is 5.75 Å². The fourth-order valence-electron chi connectivity index (χ4n) is 3.00. The molecular weight excluding hydrogens is 378 g/mol. The average molecular weight is 390 g/mol. The molecule has 0 radical (unpaired) electrons. The highest BCUT2D eigenvalue weighted by atomic mass is 32.1. The summed E-state index contributed by atoms with van der Waals surface area (Å²) in [4.78, 5) is 29.6. The molecule has 4 rings (SSSR count). The van der Waals surface area contributed by atoms with Crippen molar-refractivity contribution in [2.24, 2.45) is 0 Å². The third-order valence-electron chi connectivity index (χ3n) is 4.20. The Labute approximate surface area is 155 Å². The number of thiazole rings is 1. The molecule has 1 aliphatic heterocycles. The summed E-state index contributed by atoms with van der Waals surface area (Å²) in [5.41, 5.74) is -1.62. The van der Waals surface area contributed by atoms with E-state index in [2.05, 4.69) is 4.98 Å². The number of ether oxygens (including phenoxy) is 1. The quantitative estimate of drug-likeness (QED) is 0.735. The van der Waals surface area contributed by atoms with Gasteiger partial charge >= 0.3 is 5.97 Å². The second-order valence-corrected chi connectivity index (χ2v) is 7.19. The number of carboxylic acid groups (broad SMARTS) is 1. The zero-order chi connectivity index (χ0) is 19.3. The van der Waals surface area contributed by atoms with Crippen molar-refractivity contribution in [3.05, 3.63) is 48.0 Å². The summed E-state index contributed by atoms with van der Waals surface area (Å²) in [7, 11) is 0. The first-order valence-electron chi connectivity index (χ1n) is 7.89. The molecule has 0 saturated heterocycles. The minimum atomic E-state index is -1.76. The van der Waals surface area contributed by atoms with Crippen LogP contribution in [0.25, 0.3) is 10.2 Å². The largest absolute Gasteiger partial charge is 0.481 e. The van der Waals surface area contributed by atoms with Gasteiger partial charge in [-0.25, -0.2) is 18.7 Å². The van der Waals surface area contributed by atoms with E-state index >= 15 is 0 Å². The molecule has 2 heterocycles. The number of hydrogen-bond donors (Lipinski definition) is 1. The van der Waals surface area contributed by atoms with E-state index in [-0.39, 0.29) is 21.3 Å². The summed E-state index contributed by atoms with van der Waals surface area (Å²) in [5.74, 6) is -3.28. The number of fused-ring (bicyclic) bond motifs is 2.